The van der Waals surface area contributed by atoms with Gasteiger partial charge >= 0.3 is 0 Å². The van der Waals surface area contributed by atoms with Crippen molar-refractivity contribution in [1.82, 2.24) is 4.90 Å². The molecular weight excluding hydrogens is 356 g/mol. The second kappa shape index (κ2) is 8.31. The first-order valence-electron chi connectivity index (χ1n) is 9.82. The molecule has 0 atom stereocenters. The topological polar surface area (TPSA) is 74.2 Å². The summed E-state index contributed by atoms with van der Waals surface area (Å²) in [7, 11) is 5.59. The summed E-state index contributed by atoms with van der Waals surface area (Å²) in [5.41, 5.74) is 1.21. The lowest BCUT2D eigenvalue weighted by molar-refractivity contribution is -0.134. The Bertz CT molecular complexity index is 749. The Labute approximate surface area is 166 Å². The van der Waals surface area contributed by atoms with Gasteiger partial charge in [-0.05, 0) is 56.9 Å². The molecule has 0 bridgehead atoms. The van der Waals surface area contributed by atoms with E-state index in [2.05, 4.69) is 5.32 Å². The number of amides is 2. The molecule has 1 aliphatic heterocycles. The number of hydrogen-bond acceptors (Lipinski definition) is 5. The Morgan fingerprint density at radius 3 is 2.50 bits per heavy atom. The maximum absolute atomic E-state index is 12.9. The van der Waals surface area contributed by atoms with Crippen LogP contribution in [0.4, 0.5) is 11.4 Å². The molecule has 1 fully saturated rings. The van der Waals surface area contributed by atoms with Crippen molar-refractivity contribution in [2.24, 2.45) is 10.9 Å². The number of ether oxygens (including phenoxy) is 1. The van der Waals surface area contributed by atoms with Gasteiger partial charge in [-0.2, -0.15) is 0 Å². The normalized spacial score (nSPS) is 24.4. The number of methoxy groups -OCH3 is 1. The van der Waals surface area contributed by atoms with Gasteiger partial charge in [-0.25, -0.2) is 0 Å². The van der Waals surface area contributed by atoms with Crippen molar-refractivity contribution >= 4 is 29.0 Å². The van der Waals surface area contributed by atoms with Crippen LogP contribution in [0.25, 0.3) is 0 Å². The van der Waals surface area contributed by atoms with Crippen LogP contribution in [-0.4, -0.2) is 62.4 Å². The molecular formula is C21H30N4O3. The zero-order chi connectivity index (χ0) is 20.3. The monoisotopic (exact) mass is 386 g/mol. The number of hydrogen-bond donors (Lipinski definition) is 1. The molecule has 1 aliphatic carbocycles. The Morgan fingerprint density at radius 2 is 1.93 bits per heavy atom. The van der Waals surface area contributed by atoms with Gasteiger partial charge in [0.25, 0.3) is 5.91 Å². The summed E-state index contributed by atoms with van der Waals surface area (Å²) in [6, 6.07) is 7.79. The average Bonchev–Trinajstić information content (AvgIpc) is 2.90. The molecule has 1 heterocycles. The van der Waals surface area contributed by atoms with Crippen LogP contribution in [-0.2, 0) is 14.3 Å². The Morgan fingerprint density at radius 1 is 1.29 bits per heavy atom. The van der Waals surface area contributed by atoms with E-state index < -0.39 is 5.54 Å². The third-order valence-corrected chi connectivity index (χ3v) is 5.76. The SMILES string of the molecule is COCCN1C(=O)C2(CCC(C(=O)Nc3ccc(N(C)C)cc3)CC2)N=C1C. The fourth-order valence-corrected chi connectivity index (χ4v) is 4.03. The van der Waals surface area contributed by atoms with E-state index in [0.29, 0.717) is 38.8 Å². The molecule has 7 nitrogen and oxygen atoms in total. The van der Waals surface area contributed by atoms with Crippen molar-refractivity contribution < 1.29 is 14.3 Å². The highest BCUT2D eigenvalue weighted by Crippen LogP contribution is 2.40. The van der Waals surface area contributed by atoms with Crippen LogP contribution < -0.4 is 10.2 Å². The van der Waals surface area contributed by atoms with E-state index in [1.807, 2.05) is 50.2 Å². The summed E-state index contributed by atoms with van der Waals surface area (Å²) in [4.78, 5) is 34.0. The maximum atomic E-state index is 12.9. The Kier molecular flexibility index (Phi) is 6.03. The third kappa shape index (κ3) is 4.04. The molecule has 0 radical (unpaired) electrons. The van der Waals surface area contributed by atoms with E-state index in [1.54, 1.807) is 12.0 Å². The molecule has 2 amide bonds. The van der Waals surface area contributed by atoms with Crippen LogP contribution in [0.2, 0.25) is 0 Å². The van der Waals surface area contributed by atoms with Gasteiger partial charge in [-0.15, -0.1) is 0 Å². The van der Waals surface area contributed by atoms with Gasteiger partial charge in [0.05, 0.1) is 13.2 Å². The predicted octanol–water partition coefficient (Wildman–Crippen LogP) is 2.53. The van der Waals surface area contributed by atoms with E-state index in [4.69, 9.17) is 9.73 Å². The van der Waals surface area contributed by atoms with Crippen LogP contribution in [0.5, 0.6) is 0 Å². The minimum Gasteiger partial charge on any atom is -0.383 e. The van der Waals surface area contributed by atoms with Gasteiger partial charge in [0.15, 0.2) is 0 Å². The lowest BCUT2D eigenvalue weighted by atomic mass is 9.76. The van der Waals surface area contributed by atoms with Crippen LogP contribution in [0.3, 0.4) is 0 Å². The van der Waals surface area contributed by atoms with E-state index in [0.717, 1.165) is 17.2 Å². The molecule has 0 aromatic heterocycles. The van der Waals surface area contributed by atoms with Crippen molar-refractivity contribution in [2.45, 2.75) is 38.1 Å². The van der Waals surface area contributed by atoms with E-state index in [1.165, 1.54) is 0 Å². The lowest BCUT2D eigenvalue weighted by Crippen LogP contribution is -2.46. The number of benzene rings is 1. The molecule has 1 aromatic rings. The van der Waals surface area contributed by atoms with Gasteiger partial charge in [0, 0.05) is 38.5 Å². The van der Waals surface area contributed by atoms with E-state index in [-0.39, 0.29) is 17.7 Å². The number of rotatable bonds is 6. The van der Waals surface area contributed by atoms with Crippen molar-refractivity contribution in [2.75, 3.05) is 44.6 Å². The minimum atomic E-state index is -0.679. The fraction of sp³-hybridized carbons (Fsp3) is 0.571. The van der Waals surface area contributed by atoms with Crippen molar-refractivity contribution in [3.8, 4) is 0 Å². The van der Waals surface area contributed by atoms with E-state index in [9.17, 15) is 9.59 Å². The molecule has 1 N–H and O–H groups in total. The summed E-state index contributed by atoms with van der Waals surface area (Å²) in [5.74, 6) is 0.747. The molecule has 1 spiro atoms. The lowest BCUT2D eigenvalue weighted by Gasteiger charge is -2.33. The molecule has 0 saturated heterocycles. The first-order chi connectivity index (χ1) is 13.4. The van der Waals surface area contributed by atoms with Crippen molar-refractivity contribution in [1.29, 1.82) is 0 Å². The second-order valence-electron chi connectivity index (χ2n) is 7.85. The number of amidine groups is 1. The average molecular weight is 386 g/mol. The highest BCUT2D eigenvalue weighted by Gasteiger charge is 2.49. The number of carbonyl (C=O) groups is 2. The maximum Gasteiger partial charge on any atom is 0.255 e. The Hall–Kier alpha value is -2.41. The molecule has 152 valence electrons. The van der Waals surface area contributed by atoms with Crippen molar-refractivity contribution in [3.05, 3.63) is 24.3 Å². The highest BCUT2D eigenvalue weighted by atomic mass is 16.5. The van der Waals surface area contributed by atoms with Gasteiger partial charge < -0.3 is 15.0 Å². The van der Waals surface area contributed by atoms with Gasteiger partial charge in [0.2, 0.25) is 5.91 Å². The molecule has 1 aromatic carbocycles. The smallest absolute Gasteiger partial charge is 0.255 e. The number of carbonyl (C=O) groups excluding carboxylic acids is 2. The van der Waals surface area contributed by atoms with Crippen LogP contribution in [0, 0.1) is 5.92 Å². The third-order valence-electron chi connectivity index (χ3n) is 5.76. The summed E-state index contributed by atoms with van der Waals surface area (Å²) in [6.45, 7) is 2.89. The van der Waals surface area contributed by atoms with Gasteiger partial charge in [-0.1, -0.05) is 0 Å². The summed E-state index contributed by atoms with van der Waals surface area (Å²) >= 11 is 0. The zero-order valence-electron chi connectivity index (χ0n) is 17.2. The Balaban J connectivity index is 1.57. The summed E-state index contributed by atoms with van der Waals surface area (Å²) in [6.07, 6.45) is 2.57. The van der Waals surface area contributed by atoms with E-state index >= 15 is 0 Å². The zero-order valence-corrected chi connectivity index (χ0v) is 17.2. The summed E-state index contributed by atoms with van der Waals surface area (Å²) in [5, 5.41) is 3.01. The van der Waals surface area contributed by atoms with Crippen molar-refractivity contribution in [3.63, 3.8) is 0 Å². The predicted molar refractivity (Wildman–Crippen MR) is 111 cm³/mol. The first kappa shape index (κ1) is 20.3. The number of nitrogens with one attached hydrogen (secondary N) is 1. The number of aliphatic imine (C=N–C) groups is 1. The molecule has 7 heteroatoms. The largest absolute Gasteiger partial charge is 0.383 e. The molecule has 3 rings (SSSR count). The fourth-order valence-electron chi connectivity index (χ4n) is 4.03. The minimum absolute atomic E-state index is 0.0230. The van der Waals surface area contributed by atoms with Crippen LogP contribution in [0.15, 0.2) is 29.3 Å². The first-order valence-corrected chi connectivity index (χ1v) is 9.82. The van der Waals surface area contributed by atoms with Gasteiger partial charge in [0.1, 0.15) is 11.4 Å². The number of anilines is 2. The number of nitrogens with zero attached hydrogens (tertiary/aromatic N) is 3. The van der Waals surface area contributed by atoms with Crippen LogP contribution >= 0.6 is 0 Å². The second-order valence-corrected chi connectivity index (χ2v) is 7.85. The molecule has 0 unspecified atom stereocenters. The van der Waals surface area contributed by atoms with Gasteiger partial charge in [-0.3, -0.25) is 19.5 Å². The molecule has 28 heavy (non-hydrogen) atoms. The quantitative estimate of drug-likeness (QED) is 0.815. The molecule has 1 saturated carbocycles. The standard InChI is InChI=1S/C21H30N4O3/c1-15-23-21(20(27)25(15)13-14-28-4)11-9-16(10-12-21)19(26)22-17-5-7-18(8-6-17)24(2)3/h5-8,16H,9-14H2,1-4H3,(H,22,26). The summed E-state index contributed by atoms with van der Waals surface area (Å²) < 4.78 is 5.10. The highest BCUT2D eigenvalue weighted by molar-refractivity contribution is 6.07. The molecule has 2 aliphatic rings. The van der Waals surface area contributed by atoms with Crippen LogP contribution in [0.1, 0.15) is 32.6 Å².